The molecule has 2 rings (SSSR count). The first-order valence-corrected chi connectivity index (χ1v) is 10.4. The molecule has 0 atom stereocenters. The van der Waals surface area contributed by atoms with Crippen LogP contribution in [0.2, 0.25) is 0 Å². The number of hydrogen-bond donors (Lipinski definition) is 2. The minimum absolute atomic E-state index is 0.439. The van der Waals surface area contributed by atoms with Crippen LogP contribution in [0.3, 0.4) is 0 Å². The van der Waals surface area contributed by atoms with Crippen LogP contribution in [0.4, 0.5) is 0 Å². The standard InChI is InChI=1S/C13H22N2O2S3/c1-14-7-4-12-2-3-13(19-12)20(16,17)15-10-11-5-8-18-9-6-11/h2-3,11,14-15H,4-10H2,1H3. The van der Waals surface area contributed by atoms with Gasteiger partial charge in [0, 0.05) is 11.4 Å². The highest BCUT2D eigenvalue weighted by molar-refractivity contribution is 7.99. The van der Waals surface area contributed by atoms with E-state index in [4.69, 9.17) is 0 Å². The van der Waals surface area contributed by atoms with Crippen molar-refractivity contribution >= 4 is 33.1 Å². The largest absolute Gasteiger partial charge is 0.319 e. The predicted molar refractivity (Wildman–Crippen MR) is 87.2 cm³/mol. The first kappa shape index (κ1) is 16.3. The molecule has 2 N–H and O–H groups in total. The predicted octanol–water partition coefficient (Wildman–Crippen LogP) is 1.93. The maximum Gasteiger partial charge on any atom is 0.250 e. The SMILES string of the molecule is CNCCc1ccc(S(=O)(=O)NCC2CCSCC2)s1. The van der Waals surface area contributed by atoms with Crippen molar-refractivity contribution in [3.05, 3.63) is 17.0 Å². The van der Waals surface area contributed by atoms with Crippen molar-refractivity contribution in [1.29, 1.82) is 0 Å². The fourth-order valence-electron chi connectivity index (χ4n) is 2.13. The monoisotopic (exact) mass is 334 g/mol. The molecule has 0 radical (unpaired) electrons. The molecule has 4 nitrogen and oxygen atoms in total. The Bertz CT molecular complexity index is 507. The molecule has 2 heterocycles. The molecule has 0 unspecified atom stereocenters. The lowest BCUT2D eigenvalue weighted by Gasteiger charge is -2.21. The molecule has 0 bridgehead atoms. The number of thiophene rings is 1. The van der Waals surface area contributed by atoms with Crippen LogP contribution < -0.4 is 10.0 Å². The van der Waals surface area contributed by atoms with Crippen LogP contribution in [0.5, 0.6) is 0 Å². The van der Waals surface area contributed by atoms with Gasteiger partial charge in [-0.25, -0.2) is 13.1 Å². The quantitative estimate of drug-likeness (QED) is 0.800. The van der Waals surface area contributed by atoms with Crippen molar-refractivity contribution < 1.29 is 8.42 Å². The summed E-state index contributed by atoms with van der Waals surface area (Å²) in [5.74, 6) is 2.80. The van der Waals surface area contributed by atoms with Crippen LogP contribution >= 0.6 is 23.1 Å². The lowest BCUT2D eigenvalue weighted by Crippen LogP contribution is -2.30. The molecule has 1 fully saturated rings. The average Bonchev–Trinajstić information content (AvgIpc) is 2.94. The van der Waals surface area contributed by atoms with Crippen LogP contribution in [-0.2, 0) is 16.4 Å². The van der Waals surface area contributed by atoms with Gasteiger partial charge in [0.2, 0.25) is 10.0 Å². The average molecular weight is 335 g/mol. The Hall–Kier alpha value is -0.0800. The second-order valence-corrected chi connectivity index (χ2v) is 9.37. The smallest absolute Gasteiger partial charge is 0.250 e. The van der Waals surface area contributed by atoms with Crippen molar-refractivity contribution in [1.82, 2.24) is 10.0 Å². The van der Waals surface area contributed by atoms with Gasteiger partial charge in [0.15, 0.2) is 0 Å². The lowest BCUT2D eigenvalue weighted by molar-refractivity contribution is 0.477. The lowest BCUT2D eigenvalue weighted by atomic mass is 10.0. The van der Waals surface area contributed by atoms with Crippen LogP contribution in [-0.4, -0.2) is 40.1 Å². The molecule has 0 saturated carbocycles. The molecule has 1 aliphatic rings. The molecule has 0 aromatic carbocycles. The molecule has 0 aliphatic carbocycles. The van der Waals surface area contributed by atoms with Crippen molar-refractivity contribution in [3.8, 4) is 0 Å². The number of likely N-dealkylation sites (N-methyl/N-ethyl adjacent to an activating group) is 1. The highest BCUT2D eigenvalue weighted by Gasteiger charge is 2.20. The molecule has 1 aromatic rings. The summed E-state index contributed by atoms with van der Waals surface area (Å²) < 4.78 is 27.7. The number of nitrogens with one attached hydrogen (secondary N) is 2. The Labute approximate surface area is 129 Å². The zero-order valence-electron chi connectivity index (χ0n) is 11.7. The van der Waals surface area contributed by atoms with E-state index in [1.165, 1.54) is 11.3 Å². The Morgan fingerprint density at radius 1 is 1.30 bits per heavy atom. The third kappa shape index (κ3) is 4.73. The molecule has 20 heavy (non-hydrogen) atoms. The molecule has 1 saturated heterocycles. The van der Waals surface area contributed by atoms with Crippen LogP contribution in [0.25, 0.3) is 0 Å². The second-order valence-electron chi connectivity index (χ2n) is 4.98. The van der Waals surface area contributed by atoms with Gasteiger partial charge in [-0.15, -0.1) is 11.3 Å². The van der Waals surface area contributed by atoms with E-state index in [9.17, 15) is 8.42 Å². The molecule has 1 aliphatic heterocycles. The van der Waals surface area contributed by atoms with Gasteiger partial charge in [0.05, 0.1) is 0 Å². The van der Waals surface area contributed by atoms with Gasteiger partial charge in [-0.3, -0.25) is 0 Å². The molecular weight excluding hydrogens is 312 g/mol. The summed E-state index contributed by atoms with van der Waals surface area (Å²) >= 11 is 3.33. The first-order chi connectivity index (χ1) is 9.62. The van der Waals surface area contributed by atoms with Gasteiger partial charge >= 0.3 is 0 Å². The highest BCUT2D eigenvalue weighted by Crippen LogP contribution is 2.24. The van der Waals surface area contributed by atoms with E-state index in [1.54, 1.807) is 6.07 Å². The zero-order chi connectivity index (χ0) is 14.4. The Morgan fingerprint density at radius 2 is 2.05 bits per heavy atom. The summed E-state index contributed by atoms with van der Waals surface area (Å²) in [6.45, 7) is 1.44. The van der Waals surface area contributed by atoms with Crippen molar-refractivity contribution in [2.75, 3.05) is 31.6 Å². The van der Waals surface area contributed by atoms with Crippen molar-refractivity contribution in [3.63, 3.8) is 0 Å². The molecular formula is C13H22N2O2S3. The summed E-state index contributed by atoms with van der Waals surface area (Å²) in [4.78, 5) is 1.11. The minimum atomic E-state index is -3.32. The molecule has 0 amide bonds. The Balaban J connectivity index is 1.90. The Kier molecular flexibility index (Phi) is 6.35. The summed E-state index contributed by atoms with van der Waals surface area (Å²) in [7, 11) is -1.42. The van der Waals surface area contributed by atoms with E-state index < -0.39 is 10.0 Å². The zero-order valence-corrected chi connectivity index (χ0v) is 14.2. The van der Waals surface area contributed by atoms with E-state index in [1.807, 2.05) is 24.9 Å². The van der Waals surface area contributed by atoms with Gasteiger partial charge in [0.1, 0.15) is 4.21 Å². The van der Waals surface area contributed by atoms with Gasteiger partial charge in [0.25, 0.3) is 0 Å². The summed E-state index contributed by atoms with van der Waals surface area (Å²) in [5.41, 5.74) is 0. The minimum Gasteiger partial charge on any atom is -0.319 e. The van der Waals surface area contributed by atoms with Crippen molar-refractivity contribution in [2.24, 2.45) is 5.92 Å². The summed E-state index contributed by atoms with van der Waals surface area (Å²) in [6, 6.07) is 3.63. The van der Waals surface area contributed by atoms with Crippen molar-refractivity contribution in [2.45, 2.75) is 23.5 Å². The fraction of sp³-hybridized carbons (Fsp3) is 0.692. The molecule has 0 spiro atoms. The number of thioether (sulfide) groups is 1. The first-order valence-electron chi connectivity index (χ1n) is 6.92. The number of rotatable bonds is 7. The summed E-state index contributed by atoms with van der Waals surface area (Å²) in [5, 5.41) is 3.07. The topological polar surface area (TPSA) is 58.2 Å². The van der Waals surface area contributed by atoms with Crippen LogP contribution in [0.1, 0.15) is 17.7 Å². The van der Waals surface area contributed by atoms with E-state index in [-0.39, 0.29) is 0 Å². The van der Waals surface area contributed by atoms with Gasteiger partial charge in [-0.1, -0.05) is 0 Å². The van der Waals surface area contributed by atoms with E-state index in [2.05, 4.69) is 10.0 Å². The molecule has 1 aromatic heterocycles. The highest BCUT2D eigenvalue weighted by atomic mass is 32.2. The number of hydrogen-bond acceptors (Lipinski definition) is 5. The maximum atomic E-state index is 12.2. The van der Waals surface area contributed by atoms with E-state index in [0.29, 0.717) is 16.7 Å². The van der Waals surface area contributed by atoms with Crippen LogP contribution in [0.15, 0.2) is 16.3 Å². The third-order valence-corrected chi connectivity index (χ3v) is 7.54. The van der Waals surface area contributed by atoms with Gasteiger partial charge in [-0.2, -0.15) is 11.8 Å². The number of sulfonamides is 1. The molecule has 114 valence electrons. The van der Waals surface area contributed by atoms with Gasteiger partial charge in [-0.05, 0) is 62.4 Å². The van der Waals surface area contributed by atoms with Crippen LogP contribution in [0, 0.1) is 5.92 Å². The second kappa shape index (κ2) is 7.79. The normalized spacial score (nSPS) is 17.4. The summed E-state index contributed by atoms with van der Waals surface area (Å²) in [6.07, 6.45) is 3.10. The fourth-order valence-corrected chi connectivity index (χ4v) is 5.85. The van der Waals surface area contributed by atoms with E-state index in [0.717, 1.165) is 42.2 Å². The Morgan fingerprint density at radius 3 is 2.75 bits per heavy atom. The van der Waals surface area contributed by atoms with Gasteiger partial charge < -0.3 is 5.32 Å². The van der Waals surface area contributed by atoms with E-state index >= 15 is 0 Å². The molecule has 7 heteroatoms. The maximum absolute atomic E-state index is 12.2. The third-order valence-electron chi connectivity index (χ3n) is 3.43.